The van der Waals surface area contributed by atoms with Gasteiger partial charge in [-0.3, -0.25) is 4.79 Å². The first-order valence-electron chi connectivity index (χ1n) is 10.4. The van der Waals surface area contributed by atoms with Crippen molar-refractivity contribution in [3.63, 3.8) is 0 Å². The van der Waals surface area contributed by atoms with Crippen molar-refractivity contribution in [2.24, 2.45) is 0 Å². The fourth-order valence-electron chi connectivity index (χ4n) is 3.49. The molecule has 0 aromatic heterocycles. The number of ketones is 1. The summed E-state index contributed by atoms with van der Waals surface area (Å²) >= 11 is 0. The SMILES string of the molecule is CCOc1ccc(CCC(=O)c2c(O)cccc2O[C@@H]2O[C@H](CO)[C@@H](O)[C@H](O)[C@H]2O)cc1. The number of Topliss-reactive ketones (excluding diaryl/α,β-unsaturated/α-hetero) is 1. The van der Waals surface area contributed by atoms with Crippen molar-refractivity contribution in [1.29, 1.82) is 0 Å². The first kappa shape index (κ1) is 24.0. The molecule has 0 aliphatic carbocycles. The largest absolute Gasteiger partial charge is 0.507 e. The van der Waals surface area contributed by atoms with Crippen LogP contribution in [0.3, 0.4) is 0 Å². The van der Waals surface area contributed by atoms with E-state index in [9.17, 15) is 30.3 Å². The maximum atomic E-state index is 12.9. The maximum absolute atomic E-state index is 12.9. The molecule has 174 valence electrons. The average molecular weight is 448 g/mol. The topological polar surface area (TPSA) is 146 Å². The van der Waals surface area contributed by atoms with Crippen molar-refractivity contribution in [3.8, 4) is 17.2 Å². The molecule has 0 amide bonds. The standard InChI is InChI=1S/C23H28O9/c1-2-30-14-9-6-13(7-10-14)8-11-16(26)19-15(25)4-3-5-17(19)31-23-22(29)21(28)20(27)18(12-24)32-23/h3-7,9-10,18,20-25,27-29H,2,8,11-12H2,1H3/t18-,20-,21+,22-,23-/m1/s1. The van der Waals surface area contributed by atoms with E-state index < -0.39 is 43.1 Å². The van der Waals surface area contributed by atoms with E-state index >= 15 is 0 Å². The lowest BCUT2D eigenvalue weighted by Crippen LogP contribution is -2.60. The summed E-state index contributed by atoms with van der Waals surface area (Å²) in [6.07, 6.45) is -6.92. The third-order valence-corrected chi connectivity index (χ3v) is 5.25. The zero-order chi connectivity index (χ0) is 23.3. The van der Waals surface area contributed by atoms with Gasteiger partial charge in [0.05, 0.1) is 13.2 Å². The number of benzene rings is 2. The molecular weight excluding hydrogens is 420 g/mol. The van der Waals surface area contributed by atoms with Gasteiger partial charge in [0.25, 0.3) is 0 Å². The Morgan fingerprint density at radius 3 is 2.41 bits per heavy atom. The van der Waals surface area contributed by atoms with Gasteiger partial charge >= 0.3 is 0 Å². The molecular formula is C23H28O9. The summed E-state index contributed by atoms with van der Waals surface area (Å²) in [5.41, 5.74) is 0.823. The van der Waals surface area contributed by atoms with Crippen LogP contribution in [-0.2, 0) is 11.2 Å². The van der Waals surface area contributed by atoms with Gasteiger partial charge in [0.1, 0.15) is 47.2 Å². The van der Waals surface area contributed by atoms with Crippen LogP contribution in [0.15, 0.2) is 42.5 Å². The van der Waals surface area contributed by atoms with E-state index in [0.717, 1.165) is 11.3 Å². The third kappa shape index (κ3) is 5.37. The molecule has 2 aromatic carbocycles. The molecule has 3 rings (SSSR count). The van der Waals surface area contributed by atoms with Gasteiger partial charge < -0.3 is 39.7 Å². The Labute approximate surface area is 185 Å². The number of aryl methyl sites for hydroxylation is 1. The summed E-state index contributed by atoms with van der Waals surface area (Å²) in [7, 11) is 0. The van der Waals surface area contributed by atoms with E-state index in [1.165, 1.54) is 18.2 Å². The number of carbonyl (C=O) groups excluding carboxylic acids is 1. The summed E-state index contributed by atoms with van der Waals surface area (Å²) < 4.78 is 16.3. The van der Waals surface area contributed by atoms with Gasteiger partial charge in [-0.25, -0.2) is 0 Å². The number of phenols is 1. The first-order valence-corrected chi connectivity index (χ1v) is 10.4. The molecule has 2 aromatic rings. The van der Waals surface area contributed by atoms with Crippen LogP contribution in [0.25, 0.3) is 0 Å². The fourth-order valence-corrected chi connectivity index (χ4v) is 3.49. The molecule has 5 N–H and O–H groups in total. The summed E-state index contributed by atoms with van der Waals surface area (Å²) in [6, 6.07) is 11.6. The van der Waals surface area contributed by atoms with Crippen LogP contribution in [0.2, 0.25) is 0 Å². The van der Waals surface area contributed by atoms with Gasteiger partial charge in [0.15, 0.2) is 5.78 Å². The molecule has 9 heteroatoms. The van der Waals surface area contributed by atoms with E-state index in [1.807, 2.05) is 31.2 Å². The fraction of sp³-hybridized carbons (Fsp3) is 0.435. The van der Waals surface area contributed by atoms with Crippen LogP contribution in [0.4, 0.5) is 0 Å². The Kier molecular flexibility index (Phi) is 8.05. The van der Waals surface area contributed by atoms with Crippen molar-refractivity contribution >= 4 is 5.78 Å². The van der Waals surface area contributed by atoms with Crippen LogP contribution < -0.4 is 9.47 Å². The number of aliphatic hydroxyl groups excluding tert-OH is 4. The maximum Gasteiger partial charge on any atom is 0.229 e. The van der Waals surface area contributed by atoms with Gasteiger partial charge in [-0.05, 0) is 43.2 Å². The number of phenolic OH excluding ortho intramolecular Hbond substituents is 1. The van der Waals surface area contributed by atoms with Crippen LogP contribution in [0, 0.1) is 0 Å². The number of rotatable bonds is 9. The molecule has 0 radical (unpaired) electrons. The number of aliphatic hydroxyl groups is 4. The number of aromatic hydroxyl groups is 1. The molecule has 32 heavy (non-hydrogen) atoms. The highest BCUT2D eigenvalue weighted by Gasteiger charge is 2.45. The zero-order valence-corrected chi connectivity index (χ0v) is 17.6. The normalized spacial score (nSPS) is 25.3. The van der Waals surface area contributed by atoms with Gasteiger partial charge in [-0.2, -0.15) is 0 Å². The molecule has 0 saturated carbocycles. The lowest BCUT2D eigenvalue weighted by atomic mass is 9.99. The van der Waals surface area contributed by atoms with Gasteiger partial charge in [0.2, 0.25) is 6.29 Å². The summed E-state index contributed by atoms with van der Waals surface area (Å²) in [5.74, 6) is -0.00937. The first-order chi connectivity index (χ1) is 15.3. The Bertz CT molecular complexity index is 897. The third-order valence-electron chi connectivity index (χ3n) is 5.25. The Morgan fingerprint density at radius 1 is 1.03 bits per heavy atom. The van der Waals surface area contributed by atoms with E-state index in [1.54, 1.807) is 0 Å². The highest BCUT2D eigenvalue weighted by molar-refractivity contribution is 6.01. The molecule has 1 heterocycles. The molecule has 0 unspecified atom stereocenters. The van der Waals surface area contributed by atoms with Gasteiger partial charge in [0, 0.05) is 6.42 Å². The van der Waals surface area contributed by atoms with Crippen LogP contribution in [-0.4, -0.2) is 75.2 Å². The monoisotopic (exact) mass is 448 g/mol. The van der Waals surface area contributed by atoms with Crippen molar-refractivity contribution in [2.45, 2.75) is 50.5 Å². The summed E-state index contributed by atoms with van der Waals surface area (Å²) in [5, 5.41) is 49.7. The lowest BCUT2D eigenvalue weighted by Gasteiger charge is -2.39. The highest BCUT2D eigenvalue weighted by atomic mass is 16.7. The van der Waals surface area contributed by atoms with Crippen molar-refractivity contribution in [2.75, 3.05) is 13.2 Å². The lowest BCUT2D eigenvalue weighted by molar-refractivity contribution is -0.277. The molecule has 1 aliphatic rings. The summed E-state index contributed by atoms with van der Waals surface area (Å²) in [4.78, 5) is 12.9. The van der Waals surface area contributed by atoms with Crippen LogP contribution in [0.5, 0.6) is 17.2 Å². The Balaban J connectivity index is 1.73. The minimum atomic E-state index is -1.64. The van der Waals surface area contributed by atoms with Crippen LogP contribution >= 0.6 is 0 Å². The Hall–Kier alpha value is -2.69. The Morgan fingerprint density at radius 2 is 1.75 bits per heavy atom. The predicted octanol–water partition coefficient (Wildman–Crippen LogP) is 0.785. The quantitative estimate of drug-likeness (QED) is 0.351. The van der Waals surface area contributed by atoms with Gasteiger partial charge in [-0.15, -0.1) is 0 Å². The average Bonchev–Trinajstić information content (AvgIpc) is 2.79. The van der Waals surface area contributed by atoms with Crippen LogP contribution in [0.1, 0.15) is 29.3 Å². The number of hydrogen-bond donors (Lipinski definition) is 5. The minimum absolute atomic E-state index is 0.0500. The van der Waals surface area contributed by atoms with Gasteiger partial charge in [-0.1, -0.05) is 18.2 Å². The van der Waals surface area contributed by atoms with Crippen molar-refractivity contribution < 1.29 is 44.5 Å². The number of carbonyl (C=O) groups is 1. The molecule has 5 atom stereocenters. The summed E-state index contributed by atoms with van der Waals surface area (Å²) in [6.45, 7) is 1.84. The highest BCUT2D eigenvalue weighted by Crippen LogP contribution is 2.32. The van der Waals surface area contributed by atoms with E-state index in [0.29, 0.717) is 13.0 Å². The second-order valence-corrected chi connectivity index (χ2v) is 7.47. The van der Waals surface area contributed by atoms with E-state index in [-0.39, 0.29) is 23.5 Å². The molecule has 0 bridgehead atoms. The second-order valence-electron chi connectivity index (χ2n) is 7.47. The second kappa shape index (κ2) is 10.8. The number of hydrogen-bond acceptors (Lipinski definition) is 9. The molecule has 0 spiro atoms. The zero-order valence-electron chi connectivity index (χ0n) is 17.6. The minimum Gasteiger partial charge on any atom is -0.507 e. The van der Waals surface area contributed by atoms with Crippen molar-refractivity contribution in [3.05, 3.63) is 53.6 Å². The molecule has 9 nitrogen and oxygen atoms in total. The molecule has 1 fully saturated rings. The van der Waals surface area contributed by atoms with E-state index in [2.05, 4.69) is 0 Å². The smallest absolute Gasteiger partial charge is 0.229 e. The molecule has 1 aliphatic heterocycles. The number of ether oxygens (including phenoxy) is 3. The van der Waals surface area contributed by atoms with E-state index in [4.69, 9.17) is 14.2 Å². The van der Waals surface area contributed by atoms with Crippen molar-refractivity contribution in [1.82, 2.24) is 0 Å². The predicted molar refractivity (Wildman–Crippen MR) is 113 cm³/mol. The molecule has 1 saturated heterocycles.